The van der Waals surface area contributed by atoms with E-state index in [-0.39, 0.29) is 53.5 Å². The molecular weight excluding hydrogens is 526 g/mol. The SMILES string of the molecule is CC1C2CC(C3C(=O)N(C[C@H]4C[C@@H]4CN4CCC(c5c[nH]c6ccccc56)CC4)C(=O)C23)C1N(C)C(=O)N1CCCC1. The van der Waals surface area contributed by atoms with Gasteiger partial charge >= 0.3 is 6.03 Å². The summed E-state index contributed by atoms with van der Waals surface area (Å²) in [5.41, 5.74) is 2.69. The van der Waals surface area contributed by atoms with Crippen molar-refractivity contribution in [1.82, 2.24) is 24.6 Å². The van der Waals surface area contributed by atoms with Gasteiger partial charge in [-0.15, -0.1) is 0 Å². The number of para-hydroxylation sites is 1. The van der Waals surface area contributed by atoms with E-state index in [1.165, 1.54) is 29.3 Å². The molecule has 1 aromatic heterocycles. The second-order valence-corrected chi connectivity index (χ2v) is 14.5. The molecule has 8 rings (SSSR count). The van der Waals surface area contributed by atoms with E-state index in [1.807, 2.05) is 16.8 Å². The summed E-state index contributed by atoms with van der Waals surface area (Å²) < 4.78 is 0. The van der Waals surface area contributed by atoms with Gasteiger partial charge in [0.15, 0.2) is 0 Å². The largest absolute Gasteiger partial charge is 0.361 e. The smallest absolute Gasteiger partial charge is 0.320 e. The van der Waals surface area contributed by atoms with E-state index >= 15 is 0 Å². The van der Waals surface area contributed by atoms with E-state index in [4.69, 9.17) is 0 Å². The van der Waals surface area contributed by atoms with Crippen LogP contribution in [0.5, 0.6) is 0 Å². The van der Waals surface area contributed by atoms with Gasteiger partial charge in [0.2, 0.25) is 11.8 Å². The number of hydrogen-bond acceptors (Lipinski definition) is 4. The summed E-state index contributed by atoms with van der Waals surface area (Å²) in [5.74, 6) is 1.97. The Morgan fingerprint density at radius 3 is 2.38 bits per heavy atom. The van der Waals surface area contributed by atoms with Crippen LogP contribution in [0.2, 0.25) is 0 Å². The Morgan fingerprint density at radius 2 is 1.62 bits per heavy atom. The number of aromatic nitrogens is 1. The lowest BCUT2D eigenvalue weighted by Gasteiger charge is -2.40. The molecule has 8 atom stereocenters. The summed E-state index contributed by atoms with van der Waals surface area (Å²) in [4.78, 5) is 52.2. The van der Waals surface area contributed by atoms with Crippen LogP contribution in [0.15, 0.2) is 30.5 Å². The quantitative estimate of drug-likeness (QED) is 0.522. The third kappa shape index (κ3) is 4.15. The van der Waals surface area contributed by atoms with E-state index < -0.39 is 0 Å². The minimum atomic E-state index is -0.224. The van der Waals surface area contributed by atoms with Crippen molar-refractivity contribution in [1.29, 1.82) is 0 Å². The van der Waals surface area contributed by atoms with Crippen LogP contribution in [0.1, 0.15) is 56.9 Å². The molecule has 4 amide bonds. The van der Waals surface area contributed by atoms with Gasteiger partial charge in [0, 0.05) is 56.4 Å². The second-order valence-electron chi connectivity index (χ2n) is 14.5. The normalized spacial score (nSPS) is 36.4. The Balaban J connectivity index is 0.862. The van der Waals surface area contributed by atoms with Crippen molar-refractivity contribution in [3.05, 3.63) is 36.0 Å². The van der Waals surface area contributed by atoms with Gasteiger partial charge in [0.25, 0.3) is 0 Å². The minimum absolute atomic E-state index is 0.0571. The number of amides is 4. The lowest BCUT2D eigenvalue weighted by Crippen LogP contribution is -2.52. The van der Waals surface area contributed by atoms with E-state index in [0.29, 0.717) is 24.3 Å². The Bertz CT molecular complexity index is 1390. The number of piperidine rings is 1. The van der Waals surface area contributed by atoms with Crippen LogP contribution in [-0.2, 0) is 9.59 Å². The lowest BCUT2D eigenvalue weighted by atomic mass is 9.72. The number of rotatable bonds is 6. The zero-order valence-electron chi connectivity index (χ0n) is 25.1. The number of carbonyl (C=O) groups excluding carboxylic acids is 3. The standard InChI is InChI=1S/C34H45N5O3/c1-20-25-16-26(31(20)36(2)34(42)38-11-5-6-12-38)30-29(25)32(40)39(33(30)41)19-23-15-22(23)18-37-13-9-21(10-14-37)27-17-35-28-8-4-3-7-24(27)28/h3-4,7-8,17,20-23,25-26,29-31,35H,5-6,9-16,18-19H2,1-2H3/t20?,22-,23-,25?,26?,29?,30?,31?/m1/s1. The molecule has 42 heavy (non-hydrogen) atoms. The first-order valence-electron chi connectivity index (χ1n) is 16.6. The molecule has 0 spiro atoms. The number of nitrogens with one attached hydrogen (secondary N) is 1. The molecule has 3 aliphatic carbocycles. The minimum Gasteiger partial charge on any atom is -0.361 e. The Kier molecular flexibility index (Phi) is 6.43. The van der Waals surface area contributed by atoms with Crippen LogP contribution in [-0.4, -0.2) is 94.8 Å². The molecule has 1 aromatic carbocycles. The third-order valence-electron chi connectivity index (χ3n) is 12.4. The van der Waals surface area contributed by atoms with Crippen molar-refractivity contribution in [2.75, 3.05) is 46.3 Å². The van der Waals surface area contributed by atoms with E-state index in [9.17, 15) is 14.4 Å². The first kappa shape index (κ1) is 26.7. The molecule has 3 saturated carbocycles. The topological polar surface area (TPSA) is 80.0 Å². The molecule has 6 aliphatic rings. The summed E-state index contributed by atoms with van der Waals surface area (Å²) in [6.07, 6.45) is 8.75. The summed E-state index contributed by atoms with van der Waals surface area (Å²) in [6, 6.07) is 8.77. The van der Waals surface area contributed by atoms with Crippen molar-refractivity contribution < 1.29 is 14.4 Å². The Labute approximate surface area is 248 Å². The van der Waals surface area contributed by atoms with Crippen LogP contribution in [0.3, 0.4) is 0 Å². The molecule has 6 fully saturated rings. The molecule has 0 radical (unpaired) electrons. The molecular formula is C34H45N5O3. The molecule has 8 nitrogen and oxygen atoms in total. The molecule has 3 saturated heterocycles. The van der Waals surface area contributed by atoms with Gasteiger partial charge < -0.3 is 19.7 Å². The molecule has 6 unspecified atom stereocenters. The van der Waals surface area contributed by atoms with E-state index in [0.717, 1.165) is 58.4 Å². The van der Waals surface area contributed by atoms with Crippen molar-refractivity contribution in [2.45, 2.75) is 57.4 Å². The van der Waals surface area contributed by atoms with Gasteiger partial charge in [-0.05, 0) is 98.8 Å². The summed E-state index contributed by atoms with van der Waals surface area (Å²) in [5, 5.41) is 1.36. The number of benzene rings is 1. The van der Waals surface area contributed by atoms with Crippen molar-refractivity contribution in [3.8, 4) is 0 Å². The summed E-state index contributed by atoms with van der Waals surface area (Å²) in [7, 11) is 1.93. The number of H-pyrrole nitrogens is 1. The number of carbonyl (C=O) groups is 3. The van der Waals surface area contributed by atoms with Gasteiger partial charge in [-0.25, -0.2) is 4.79 Å². The second kappa shape index (κ2) is 10.1. The van der Waals surface area contributed by atoms with E-state index in [2.05, 4.69) is 47.3 Å². The average Bonchev–Trinajstić information content (AvgIpc) is 3.55. The molecule has 8 heteroatoms. The Hall–Kier alpha value is -2.87. The number of fused-ring (bicyclic) bond motifs is 6. The number of imide groups is 1. The highest BCUT2D eigenvalue weighted by Gasteiger charge is 2.67. The molecule has 2 aromatic rings. The number of nitrogens with zero attached hydrogens (tertiary/aromatic N) is 4. The first-order valence-corrected chi connectivity index (χ1v) is 16.6. The van der Waals surface area contributed by atoms with Crippen LogP contribution in [0, 0.1) is 41.4 Å². The zero-order valence-corrected chi connectivity index (χ0v) is 25.1. The molecule has 1 N–H and O–H groups in total. The van der Waals surface area contributed by atoms with Crippen LogP contribution >= 0.6 is 0 Å². The van der Waals surface area contributed by atoms with Gasteiger partial charge in [0.05, 0.1) is 11.8 Å². The van der Waals surface area contributed by atoms with Gasteiger partial charge in [-0.3, -0.25) is 14.5 Å². The first-order chi connectivity index (χ1) is 20.4. The highest BCUT2D eigenvalue weighted by molar-refractivity contribution is 6.06. The predicted octanol–water partition coefficient (Wildman–Crippen LogP) is 4.39. The molecule has 224 valence electrons. The molecule has 4 heterocycles. The highest BCUT2D eigenvalue weighted by Crippen LogP contribution is 2.60. The maximum absolute atomic E-state index is 13.8. The number of likely N-dealkylation sites (tertiary alicyclic amines) is 3. The van der Waals surface area contributed by atoms with E-state index in [1.54, 1.807) is 4.90 Å². The zero-order chi connectivity index (χ0) is 28.7. The number of hydrogen-bond donors (Lipinski definition) is 1. The van der Waals surface area contributed by atoms with Gasteiger partial charge in [0.1, 0.15) is 0 Å². The van der Waals surface area contributed by atoms with Crippen LogP contribution in [0.4, 0.5) is 4.79 Å². The fourth-order valence-corrected chi connectivity index (χ4v) is 10.1. The predicted molar refractivity (Wildman–Crippen MR) is 161 cm³/mol. The number of aromatic amines is 1. The highest BCUT2D eigenvalue weighted by atomic mass is 16.2. The van der Waals surface area contributed by atoms with Crippen LogP contribution in [0.25, 0.3) is 10.9 Å². The molecule has 2 bridgehead atoms. The van der Waals surface area contributed by atoms with Gasteiger partial charge in [-0.2, -0.15) is 0 Å². The maximum Gasteiger partial charge on any atom is 0.320 e. The molecule has 3 aliphatic heterocycles. The van der Waals surface area contributed by atoms with Crippen LogP contribution < -0.4 is 0 Å². The fraction of sp³-hybridized carbons (Fsp3) is 0.676. The van der Waals surface area contributed by atoms with Gasteiger partial charge in [-0.1, -0.05) is 25.1 Å². The summed E-state index contributed by atoms with van der Waals surface area (Å²) in [6.45, 7) is 7.79. The number of urea groups is 1. The Morgan fingerprint density at radius 1 is 0.929 bits per heavy atom. The van der Waals surface area contributed by atoms with Crippen molar-refractivity contribution >= 4 is 28.7 Å². The average molecular weight is 572 g/mol. The van der Waals surface area contributed by atoms with Crippen molar-refractivity contribution in [2.24, 2.45) is 41.4 Å². The third-order valence-corrected chi connectivity index (χ3v) is 12.4. The fourth-order valence-electron chi connectivity index (χ4n) is 10.1. The lowest BCUT2D eigenvalue weighted by molar-refractivity contribution is -0.141. The van der Waals surface area contributed by atoms with Crippen molar-refractivity contribution in [3.63, 3.8) is 0 Å². The monoisotopic (exact) mass is 571 g/mol. The summed E-state index contributed by atoms with van der Waals surface area (Å²) >= 11 is 0. The maximum atomic E-state index is 13.8.